The zero-order chi connectivity index (χ0) is 20.4. The molecule has 5 heteroatoms. The maximum absolute atomic E-state index is 11.9. The number of aliphatic hydroxyl groups excluding tert-OH is 1. The van der Waals surface area contributed by atoms with Gasteiger partial charge in [0.05, 0.1) is 12.5 Å². The second-order valence-electron chi connectivity index (χ2n) is 7.17. The summed E-state index contributed by atoms with van der Waals surface area (Å²) in [4.78, 5) is 23.0. The van der Waals surface area contributed by atoms with Crippen molar-refractivity contribution in [3.8, 4) is 0 Å². The van der Waals surface area contributed by atoms with Gasteiger partial charge in [-0.05, 0) is 48.4 Å². The number of carbonyl (C=O) groups is 2. The number of aryl methyl sites for hydroxylation is 1. The quantitative estimate of drug-likeness (QED) is 0.606. The van der Waals surface area contributed by atoms with Crippen molar-refractivity contribution in [2.75, 3.05) is 5.32 Å². The summed E-state index contributed by atoms with van der Waals surface area (Å²) in [6, 6.07) is 17.3. The summed E-state index contributed by atoms with van der Waals surface area (Å²) in [6.45, 7) is 3.67. The molecule has 0 spiro atoms. The highest BCUT2D eigenvalue weighted by Gasteiger charge is 2.18. The highest BCUT2D eigenvalue weighted by molar-refractivity contribution is 5.88. The van der Waals surface area contributed by atoms with Crippen LogP contribution in [-0.2, 0) is 27.4 Å². The van der Waals surface area contributed by atoms with Gasteiger partial charge in [-0.3, -0.25) is 9.59 Å². The lowest BCUT2D eigenvalue weighted by Gasteiger charge is -2.18. The summed E-state index contributed by atoms with van der Waals surface area (Å²) < 4.78 is 5.23. The molecule has 0 saturated heterocycles. The molecule has 0 fully saturated rings. The van der Waals surface area contributed by atoms with Gasteiger partial charge in [-0.1, -0.05) is 49.4 Å². The molecule has 2 aromatic carbocycles. The molecule has 150 valence electrons. The molecular formula is C23H29NO4. The van der Waals surface area contributed by atoms with Crippen LogP contribution in [-0.4, -0.2) is 23.1 Å². The zero-order valence-corrected chi connectivity index (χ0v) is 16.6. The molecule has 28 heavy (non-hydrogen) atoms. The van der Waals surface area contributed by atoms with E-state index in [0.29, 0.717) is 0 Å². The van der Waals surface area contributed by atoms with Gasteiger partial charge in [0.2, 0.25) is 5.91 Å². The average molecular weight is 383 g/mol. The predicted molar refractivity (Wildman–Crippen MR) is 110 cm³/mol. The summed E-state index contributed by atoms with van der Waals surface area (Å²) in [5.74, 6) is -0.447. The molecule has 0 aliphatic carbocycles. The first kappa shape index (κ1) is 21.6. The lowest BCUT2D eigenvalue weighted by molar-refractivity contribution is -0.148. The molecule has 0 aromatic heterocycles. The molecule has 2 rings (SSSR count). The highest BCUT2D eigenvalue weighted by atomic mass is 16.5. The van der Waals surface area contributed by atoms with Crippen molar-refractivity contribution in [3.63, 3.8) is 0 Å². The Hall–Kier alpha value is -2.66. The number of nitrogens with one attached hydrogen (secondary N) is 1. The second-order valence-corrected chi connectivity index (χ2v) is 7.17. The van der Waals surface area contributed by atoms with Crippen molar-refractivity contribution >= 4 is 17.6 Å². The van der Waals surface area contributed by atoms with E-state index in [1.54, 1.807) is 0 Å². The molecule has 0 saturated carbocycles. The number of benzene rings is 2. The van der Waals surface area contributed by atoms with Gasteiger partial charge in [0.25, 0.3) is 0 Å². The van der Waals surface area contributed by atoms with Crippen LogP contribution in [0.1, 0.15) is 44.2 Å². The van der Waals surface area contributed by atoms with Crippen LogP contribution >= 0.6 is 0 Å². The fraction of sp³-hybridized carbons (Fsp3) is 0.391. The first-order chi connectivity index (χ1) is 13.4. The van der Waals surface area contributed by atoms with Crippen LogP contribution in [0.15, 0.2) is 54.6 Å². The lowest BCUT2D eigenvalue weighted by Crippen LogP contribution is -2.23. The summed E-state index contributed by atoms with van der Waals surface area (Å²) >= 11 is 0. The molecule has 2 N–H and O–H groups in total. The second kappa shape index (κ2) is 11.2. The molecule has 1 amide bonds. The standard InChI is InChI=1S/C23H29NO4/c1-17(7-6-10-19-11-13-21(14-12-19)24-18(2)25)22(26)15-23(27)28-16-20-8-4-3-5-9-20/h3-5,8-9,11-14,17,22,26H,6-7,10,15-16H2,1-2H3,(H,24,25). The summed E-state index contributed by atoms with van der Waals surface area (Å²) in [5.41, 5.74) is 2.90. The Labute approximate surface area is 166 Å². The van der Waals surface area contributed by atoms with Gasteiger partial charge in [-0.15, -0.1) is 0 Å². The maximum atomic E-state index is 11.9. The van der Waals surface area contributed by atoms with Crippen LogP contribution in [0.2, 0.25) is 0 Å². The van der Waals surface area contributed by atoms with E-state index in [4.69, 9.17) is 4.74 Å². The van der Waals surface area contributed by atoms with E-state index in [2.05, 4.69) is 5.32 Å². The molecule has 5 nitrogen and oxygen atoms in total. The van der Waals surface area contributed by atoms with E-state index < -0.39 is 6.10 Å². The molecule has 0 radical (unpaired) electrons. The first-order valence-corrected chi connectivity index (χ1v) is 9.68. The van der Waals surface area contributed by atoms with Gasteiger partial charge in [0.1, 0.15) is 6.61 Å². The zero-order valence-electron chi connectivity index (χ0n) is 16.6. The van der Waals surface area contributed by atoms with Crippen molar-refractivity contribution in [3.05, 3.63) is 65.7 Å². The number of aliphatic hydroxyl groups is 1. The van der Waals surface area contributed by atoms with E-state index in [1.165, 1.54) is 12.5 Å². The van der Waals surface area contributed by atoms with Crippen LogP contribution in [0, 0.1) is 5.92 Å². The van der Waals surface area contributed by atoms with Crippen LogP contribution < -0.4 is 5.32 Å². The topological polar surface area (TPSA) is 75.6 Å². The Bertz CT molecular complexity index is 743. The van der Waals surface area contributed by atoms with Gasteiger partial charge in [-0.2, -0.15) is 0 Å². The predicted octanol–water partition coefficient (Wildman–Crippen LogP) is 4.10. The Morgan fingerprint density at radius 2 is 1.71 bits per heavy atom. The third kappa shape index (κ3) is 7.92. The fourth-order valence-electron chi connectivity index (χ4n) is 2.95. The molecule has 0 bridgehead atoms. The Balaban J connectivity index is 1.66. The molecule has 0 aliphatic heterocycles. The van der Waals surface area contributed by atoms with Crippen LogP contribution in [0.5, 0.6) is 0 Å². The SMILES string of the molecule is CC(=O)Nc1ccc(CCCC(C)C(O)CC(=O)OCc2ccccc2)cc1. The number of amides is 1. The van der Waals surface area contributed by atoms with Crippen molar-refractivity contribution in [2.45, 2.75) is 52.2 Å². The van der Waals surface area contributed by atoms with E-state index in [9.17, 15) is 14.7 Å². The van der Waals surface area contributed by atoms with E-state index in [0.717, 1.165) is 30.5 Å². The molecule has 2 unspecified atom stereocenters. The minimum atomic E-state index is -0.703. The number of hydrogen-bond donors (Lipinski definition) is 2. The minimum Gasteiger partial charge on any atom is -0.461 e. The summed E-state index contributed by atoms with van der Waals surface area (Å²) in [5, 5.41) is 13.0. The van der Waals surface area contributed by atoms with Crippen molar-refractivity contribution in [1.29, 1.82) is 0 Å². The minimum absolute atomic E-state index is 0.0133. The van der Waals surface area contributed by atoms with Crippen molar-refractivity contribution in [2.24, 2.45) is 5.92 Å². The van der Waals surface area contributed by atoms with Crippen LogP contribution in [0.25, 0.3) is 0 Å². The van der Waals surface area contributed by atoms with Gasteiger partial charge in [0, 0.05) is 12.6 Å². The number of esters is 1. The largest absolute Gasteiger partial charge is 0.461 e. The fourth-order valence-corrected chi connectivity index (χ4v) is 2.95. The van der Waals surface area contributed by atoms with Gasteiger partial charge in [0.15, 0.2) is 0 Å². The molecule has 2 aromatic rings. The number of rotatable bonds is 10. The third-order valence-electron chi connectivity index (χ3n) is 4.67. The number of ether oxygens (including phenoxy) is 1. The molecule has 0 heterocycles. The average Bonchev–Trinajstić information content (AvgIpc) is 2.68. The third-order valence-corrected chi connectivity index (χ3v) is 4.67. The maximum Gasteiger partial charge on any atom is 0.308 e. The lowest BCUT2D eigenvalue weighted by atomic mass is 9.94. The van der Waals surface area contributed by atoms with Gasteiger partial charge in [-0.25, -0.2) is 0 Å². The van der Waals surface area contributed by atoms with Crippen LogP contribution in [0.4, 0.5) is 5.69 Å². The normalized spacial score (nSPS) is 12.8. The van der Waals surface area contributed by atoms with E-state index in [1.807, 2.05) is 61.5 Å². The van der Waals surface area contributed by atoms with Gasteiger partial charge < -0.3 is 15.2 Å². The Morgan fingerprint density at radius 1 is 1.04 bits per heavy atom. The summed E-state index contributed by atoms with van der Waals surface area (Å²) in [6.07, 6.45) is 1.93. The number of hydrogen-bond acceptors (Lipinski definition) is 4. The Morgan fingerprint density at radius 3 is 2.36 bits per heavy atom. The molecule has 2 atom stereocenters. The van der Waals surface area contributed by atoms with Crippen LogP contribution in [0.3, 0.4) is 0 Å². The Kier molecular flexibility index (Phi) is 8.69. The molecular weight excluding hydrogens is 354 g/mol. The van der Waals surface area contributed by atoms with Crippen molar-refractivity contribution < 1.29 is 19.4 Å². The summed E-state index contributed by atoms with van der Waals surface area (Å²) in [7, 11) is 0. The van der Waals surface area contributed by atoms with Crippen molar-refractivity contribution in [1.82, 2.24) is 0 Å². The monoisotopic (exact) mass is 383 g/mol. The smallest absolute Gasteiger partial charge is 0.308 e. The van der Waals surface area contributed by atoms with Gasteiger partial charge >= 0.3 is 5.97 Å². The number of anilines is 1. The van der Waals surface area contributed by atoms with E-state index >= 15 is 0 Å². The molecule has 0 aliphatic rings. The number of carbonyl (C=O) groups excluding carboxylic acids is 2. The van der Waals surface area contributed by atoms with E-state index in [-0.39, 0.29) is 30.8 Å². The highest BCUT2D eigenvalue weighted by Crippen LogP contribution is 2.18. The first-order valence-electron chi connectivity index (χ1n) is 9.68.